The third-order valence-electron chi connectivity index (χ3n) is 4.51. The van der Waals surface area contributed by atoms with Crippen LogP contribution in [-0.2, 0) is 6.54 Å². The van der Waals surface area contributed by atoms with E-state index in [1.807, 2.05) is 37.6 Å². The number of benzene rings is 1. The molecule has 8 heteroatoms. The van der Waals surface area contributed by atoms with E-state index in [1.54, 1.807) is 29.4 Å². The summed E-state index contributed by atoms with van der Waals surface area (Å²) in [6, 6.07) is 10.1. The molecule has 0 unspecified atom stereocenters. The van der Waals surface area contributed by atoms with Crippen molar-refractivity contribution in [1.82, 2.24) is 19.7 Å². The van der Waals surface area contributed by atoms with E-state index >= 15 is 0 Å². The predicted molar refractivity (Wildman–Crippen MR) is 112 cm³/mol. The van der Waals surface area contributed by atoms with Crippen LogP contribution < -0.4 is 4.90 Å². The van der Waals surface area contributed by atoms with Crippen LogP contribution in [0.3, 0.4) is 0 Å². The Morgan fingerprint density at radius 3 is 2.79 bits per heavy atom. The van der Waals surface area contributed by atoms with Gasteiger partial charge in [0.2, 0.25) is 0 Å². The summed E-state index contributed by atoms with van der Waals surface area (Å²) in [5.74, 6) is -0.583. The molecule has 4 aromatic rings. The molecule has 1 aromatic carbocycles. The van der Waals surface area contributed by atoms with Gasteiger partial charge in [-0.2, -0.15) is 5.10 Å². The second-order valence-corrected chi connectivity index (χ2v) is 8.08. The highest BCUT2D eigenvalue weighted by molar-refractivity contribution is 7.22. The monoisotopic (exact) mass is 409 g/mol. The van der Waals surface area contributed by atoms with Crippen LogP contribution in [0.15, 0.2) is 48.8 Å². The van der Waals surface area contributed by atoms with E-state index < -0.39 is 0 Å². The SMILES string of the molecule is Cc1cc(C(=O)N(Cc2cccnc2)c2nc3ccc(F)cc3s2)nn1C(C)C. The van der Waals surface area contributed by atoms with Crippen LogP contribution in [0, 0.1) is 12.7 Å². The van der Waals surface area contributed by atoms with Crippen molar-refractivity contribution < 1.29 is 9.18 Å². The van der Waals surface area contributed by atoms with Gasteiger partial charge in [-0.3, -0.25) is 19.4 Å². The minimum atomic E-state index is -0.330. The van der Waals surface area contributed by atoms with Crippen molar-refractivity contribution in [2.24, 2.45) is 0 Å². The first-order valence-corrected chi connectivity index (χ1v) is 10.1. The van der Waals surface area contributed by atoms with Gasteiger partial charge in [-0.25, -0.2) is 9.37 Å². The van der Waals surface area contributed by atoms with Crippen molar-refractivity contribution in [2.45, 2.75) is 33.4 Å². The Balaban J connectivity index is 1.76. The van der Waals surface area contributed by atoms with Gasteiger partial charge in [0, 0.05) is 24.1 Å². The lowest BCUT2D eigenvalue weighted by atomic mass is 10.2. The summed E-state index contributed by atoms with van der Waals surface area (Å²) < 4.78 is 16.1. The topological polar surface area (TPSA) is 63.9 Å². The third kappa shape index (κ3) is 3.88. The number of pyridine rings is 1. The smallest absolute Gasteiger partial charge is 0.278 e. The van der Waals surface area contributed by atoms with Crippen molar-refractivity contribution in [1.29, 1.82) is 0 Å². The van der Waals surface area contributed by atoms with Crippen molar-refractivity contribution >= 4 is 32.6 Å². The van der Waals surface area contributed by atoms with E-state index in [-0.39, 0.29) is 17.8 Å². The number of fused-ring (bicyclic) bond motifs is 1. The van der Waals surface area contributed by atoms with Crippen LogP contribution in [0.2, 0.25) is 0 Å². The maximum Gasteiger partial charge on any atom is 0.280 e. The first-order valence-electron chi connectivity index (χ1n) is 9.25. The number of thiazole rings is 1. The van der Waals surface area contributed by atoms with Crippen LogP contribution >= 0.6 is 11.3 Å². The van der Waals surface area contributed by atoms with Crippen molar-refractivity contribution in [3.05, 3.63) is 71.6 Å². The van der Waals surface area contributed by atoms with E-state index in [4.69, 9.17) is 0 Å². The molecule has 0 aliphatic rings. The first kappa shape index (κ1) is 19.2. The number of amides is 1. The zero-order valence-corrected chi connectivity index (χ0v) is 17.2. The van der Waals surface area contributed by atoms with E-state index in [0.29, 0.717) is 27.6 Å². The molecule has 0 saturated carbocycles. The molecule has 0 spiro atoms. The average molecular weight is 409 g/mol. The maximum atomic E-state index is 13.6. The summed E-state index contributed by atoms with van der Waals surface area (Å²) in [7, 11) is 0. The Hall–Kier alpha value is -3.13. The summed E-state index contributed by atoms with van der Waals surface area (Å²) >= 11 is 1.28. The fourth-order valence-corrected chi connectivity index (χ4v) is 4.14. The number of carbonyl (C=O) groups excluding carboxylic acids is 1. The molecule has 0 saturated heterocycles. The third-order valence-corrected chi connectivity index (χ3v) is 5.55. The molecule has 0 radical (unpaired) electrons. The summed E-state index contributed by atoms with van der Waals surface area (Å²) in [5.41, 5.74) is 2.78. The molecule has 3 heterocycles. The molecule has 29 heavy (non-hydrogen) atoms. The highest BCUT2D eigenvalue weighted by Gasteiger charge is 2.25. The van der Waals surface area contributed by atoms with Gasteiger partial charge in [0.15, 0.2) is 10.8 Å². The molecule has 3 aromatic heterocycles. The maximum absolute atomic E-state index is 13.6. The lowest BCUT2D eigenvalue weighted by molar-refractivity contribution is 0.0979. The molecule has 4 rings (SSSR count). The van der Waals surface area contributed by atoms with Gasteiger partial charge in [-0.15, -0.1) is 0 Å². The standard InChI is InChI=1S/C21H20FN5OS/c1-13(2)27-14(3)9-18(25-27)20(28)26(12-15-5-4-8-23-11-15)21-24-17-7-6-16(22)10-19(17)29-21/h4-11,13H,12H2,1-3H3. The molecule has 0 aliphatic heterocycles. The molecule has 0 aliphatic carbocycles. The fraction of sp³-hybridized carbons (Fsp3) is 0.238. The predicted octanol–water partition coefficient (Wildman–Crippen LogP) is 4.76. The zero-order chi connectivity index (χ0) is 20.5. The Labute approximate surface area is 171 Å². The number of hydrogen-bond acceptors (Lipinski definition) is 5. The van der Waals surface area contributed by atoms with E-state index in [2.05, 4.69) is 15.1 Å². The molecule has 1 amide bonds. The molecular formula is C21H20FN5OS. The van der Waals surface area contributed by atoms with E-state index in [9.17, 15) is 9.18 Å². The molecule has 0 bridgehead atoms. The quantitative estimate of drug-likeness (QED) is 0.477. The van der Waals surface area contributed by atoms with Crippen molar-refractivity contribution in [3.8, 4) is 0 Å². The number of aryl methyl sites for hydroxylation is 1. The highest BCUT2D eigenvalue weighted by Crippen LogP contribution is 2.31. The van der Waals surface area contributed by atoms with Gasteiger partial charge >= 0.3 is 0 Å². The minimum absolute atomic E-state index is 0.147. The van der Waals surface area contributed by atoms with Crippen LogP contribution in [0.4, 0.5) is 9.52 Å². The zero-order valence-electron chi connectivity index (χ0n) is 16.3. The van der Waals surface area contributed by atoms with Gasteiger partial charge < -0.3 is 0 Å². The van der Waals surface area contributed by atoms with Crippen LogP contribution in [0.25, 0.3) is 10.2 Å². The number of anilines is 1. The summed E-state index contributed by atoms with van der Waals surface area (Å²) in [4.78, 5) is 23.7. The Kier molecular flexibility index (Phi) is 5.10. The van der Waals surface area contributed by atoms with Gasteiger partial charge in [0.1, 0.15) is 5.82 Å². The van der Waals surface area contributed by atoms with Crippen molar-refractivity contribution in [3.63, 3.8) is 0 Å². The van der Waals surface area contributed by atoms with Crippen molar-refractivity contribution in [2.75, 3.05) is 4.90 Å². The molecule has 148 valence electrons. The largest absolute Gasteiger partial charge is 0.280 e. The number of nitrogens with zero attached hydrogens (tertiary/aromatic N) is 5. The fourth-order valence-electron chi connectivity index (χ4n) is 3.16. The lowest BCUT2D eigenvalue weighted by Gasteiger charge is -2.18. The molecule has 0 fully saturated rings. The summed E-state index contributed by atoms with van der Waals surface area (Å²) in [6.07, 6.45) is 3.40. The first-order chi connectivity index (χ1) is 13.9. The number of hydrogen-bond donors (Lipinski definition) is 0. The normalized spacial score (nSPS) is 11.3. The molecular weight excluding hydrogens is 389 g/mol. The lowest BCUT2D eigenvalue weighted by Crippen LogP contribution is -2.31. The van der Waals surface area contributed by atoms with Gasteiger partial charge in [0.05, 0.1) is 16.8 Å². The number of aromatic nitrogens is 4. The van der Waals surface area contributed by atoms with Crippen LogP contribution in [0.5, 0.6) is 0 Å². The highest BCUT2D eigenvalue weighted by atomic mass is 32.1. The van der Waals surface area contributed by atoms with E-state index in [1.165, 1.54) is 23.5 Å². The second-order valence-electron chi connectivity index (χ2n) is 7.07. The van der Waals surface area contributed by atoms with E-state index in [0.717, 1.165) is 11.3 Å². The summed E-state index contributed by atoms with van der Waals surface area (Å²) in [6.45, 7) is 6.26. The number of halogens is 1. The summed E-state index contributed by atoms with van der Waals surface area (Å²) in [5, 5.41) is 4.99. The van der Waals surface area contributed by atoms with Crippen LogP contribution in [0.1, 0.15) is 41.6 Å². The molecule has 0 atom stereocenters. The Morgan fingerprint density at radius 2 is 2.10 bits per heavy atom. The van der Waals surface area contributed by atoms with Gasteiger partial charge in [0.25, 0.3) is 5.91 Å². The van der Waals surface area contributed by atoms with Gasteiger partial charge in [-0.05, 0) is 56.7 Å². The minimum Gasteiger partial charge on any atom is -0.278 e. The number of rotatable bonds is 5. The van der Waals surface area contributed by atoms with Crippen LogP contribution in [-0.4, -0.2) is 25.7 Å². The molecule has 0 N–H and O–H groups in total. The second kappa shape index (κ2) is 7.71. The van der Waals surface area contributed by atoms with Gasteiger partial charge in [-0.1, -0.05) is 17.4 Å². The Bertz CT molecular complexity index is 1170. The Morgan fingerprint density at radius 1 is 1.28 bits per heavy atom. The molecule has 6 nitrogen and oxygen atoms in total. The average Bonchev–Trinajstić information content (AvgIpc) is 3.29. The number of carbonyl (C=O) groups is 1.